The maximum absolute atomic E-state index is 13.2. The maximum atomic E-state index is 13.2. The van der Waals surface area contributed by atoms with Gasteiger partial charge in [-0.15, -0.1) is 0 Å². The smallest absolute Gasteiger partial charge is 0.381 e. The van der Waals surface area contributed by atoms with Gasteiger partial charge in [0.1, 0.15) is 0 Å². The zero-order valence-corrected chi connectivity index (χ0v) is 20.8. The lowest BCUT2D eigenvalue weighted by Gasteiger charge is -2.53. The summed E-state index contributed by atoms with van der Waals surface area (Å²) in [6, 6.07) is -0.149. The third-order valence-electron chi connectivity index (χ3n) is 7.11. The SMILES string of the molecule is CCC1[C@H](CCNC(=O)N(C)C(C)/C(C)=C/C(=C\CC(F)(F)F)C(F)(F)F)CN1C1CCOCC1. The van der Waals surface area contributed by atoms with Crippen LogP contribution >= 0.6 is 0 Å². The fourth-order valence-corrected chi connectivity index (χ4v) is 4.77. The molecule has 2 amide bonds. The topological polar surface area (TPSA) is 44.8 Å². The molecule has 2 aliphatic heterocycles. The Morgan fingerprint density at radius 2 is 1.83 bits per heavy atom. The Morgan fingerprint density at radius 1 is 1.20 bits per heavy atom. The van der Waals surface area contributed by atoms with Crippen molar-refractivity contribution in [1.82, 2.24) is 15.1 Å². The first-order valence-corrected chi connectivity index (χ1v) is 12.1. The van der Waals surface area contributed by atoms with Crippen LogP contribution in [0.4, 0.5) is 31.1 Å². The van der Waals surface area contributed by atoms with Crippen LogP contribution in [0, 0.1) is 5.92 Å². The standard InChI is InChI=1S/C24H37F6N3O2/c1-5-21-18(15-33(21)20-8-12-35-13-9-20)7-11-31-22(34)32(4)17(3)16(2)14-19(24(28,29)30)6-10-23(25,26)27/h6,14,17-18,20-21H,5,7-13,15H2,1-4H3,(H,31,34)/b16-14+,19-6+/t17?,18-,21?/m1/s1. The predicted octanol–water partition coefficient (Wildman–Crippen LogP) is 5.68. The number of nitrogens with zero attached hydrogens (tertiary/aromatic N) is 2. The lowest BCUT2D eigenvalue weighted by atomic mass is 9.81. The number of rotatable bonds is 9. The highest BCUT2D eigenvalue weighted by atomic mass is 19.4. The number of nitrogens with one attached hydrogen (secondary N) is 1. The number of urea groups is 1. The molecule has 3 atom stereocenters. The van der Waals surface area contributed by atoms with E-state index >= 15 is 0 Å². The second-order valence-corrected chi connectivity index (χ2v) is 9.45. The maximum Gasteiger partial charge on any atom is 0.416 e. The lowest BCUT2D eigenvalue weighted by molar-refractivity contribution is -0.126. The van der Waals surface area contributed by atoms with Gasteiger partial charge in [0.25, 0.3) is 0 Å². The van der Waals surface area contributed by atoms with Crippen LogP contribution < -0.4 is 5.32 Å². The summed E-state index contributed by atoms with van der Waals surface area (Å²) in [6.45, 7) is 8.07. The largest absolute Gasteiger partial charge is 0.416 e. The average Bonchev–Trinajstić information content (AvgIpc) is 2.76. The average molecular weight is 514 g/mol. The van der Waals surface area contributed by atoms with E-state index in [-0.39, 0.29) is 11.6 Å². The number of carbonyl (C=O) groups excluding carboxylic acids is 1. The van der Waals surface area contributed by atoms with Crippen molar-refractivity contribution in [1.29, 1.82) is 0 Å². The highest BCUT2D eigenvalue weighted by molar-refractivity contribution is 5.74. The number of likely N-dealkylation sites (N-methyl/N-ethyl adjacent to an activating group) is 1. The molecule has 2 fully saturated rings. The van der Waals surface area contributed by atoms with Crippen molar-refractivity contribution in [3.63, 3.8) is 0 Å². The van der Waals surface area contributed by atoms with E-state index in [1.165, 1.54) is 25.8 Å². The van der Waals surface area contributed by atoms with Gasteiger partial charge in [-0.05, 0) is 51.5 Å². The van der Waals surface area contributed by atoms with Gasteiger partial charge >= 0.3 is 18.4 Å². The molecule has 0 aromatic carbocycles. The van der Waals surface area contributed by atoms with Crippen LogP contribution in [-0.4, -0.2) is 79.7 Å². The van der Waals surface area contributed by atoms with E-state index in [4.69, 9.17) is 4.74 Å². The molecule has 202 valence electrons. The quantitative estimate of drug-likeness (QED) is 0.319. The first-order chi connectivity index (χ1) is 16.2. The zero-order chi connectivity index (χ0) is 26.4. The van der Waals surface area contributed by atoms with Gasteiger partial charge in [-0.3, -0.25) is 4.90 Å². The summed E-state index contributed by atoms with van der Waals surface area (Å²) in [7, 11) is 1.45. The zero-order valence-electron chi connectivity index (χ0n) is 20.8. The van der Waals surface area contributed by atoms with Crippen molar-refractivity contribution < 1.29 is 35.9 Å². The summed E-state index contributed by atoms with van der Waals surface area (Å²) in [5.74, 6) is 0.473. The monoisotopic (exact) mass is 513 g/mol. The molecule has 1 N–H and O–H groups in total. The minimum absolute atomic E-state index is 0.128. The molecule has 2 heterocycles. The first-order valence-electron chi connectivity index (χ1n) is 12.1. The molecule has 2 rings (SSSR count). The molecule has 0 spiro atoms. The fourth-order valence-electron chi connectivity index (χ4n) is 4.77. The molecule has 2 aliphatic rings. The number of halogens is 6. The third kappa shape index (κ3) is 8.70. The van der Waals surface area contributed by atoms with E-state index in [0.717, 1.165) is 45.4 Å². The van der Waals surface area contributed by atoms with Crippen molar-refractivity contribution in [2.45, 2.75) is 83.4 Å². The Bertz CT molecular complexity index is 759. The van der Waals surface area contributed by atoms with Crippen LogP contribution in [0.3, 0.4) is 0 Å². The molecule has 0 bridgehead atoms. The number of hydrogen-bond acceptors (Lipinski definition) is 3. The predicted molar refractivity (Wildman–Crippen MR) is 122 cm³/mol. The van der Waals surface area contributed by atoms with Gasteiger partial charge < -0.3 is 15.0 Å². The number of amides is 2. The molecular formula is C24H37F6N3O2. The number of allylic oxidation sites excluding steroid dienone is 3. The van der Waals surface area contributed by atoms with Crippen molar-refractivity contribution in [3.8, 4) is 0 Å². The Labute approximate surface area is 203 Å². The minimum atomic E-state index is -4.93. The number of likely N-dealkylation sites (tertiary alicyclic amines) is 1. The van der Waals surface area contributed by atoms with E-state index in [2.05, 4.69) is 17.1 Å². The van der Waals surface area contributed by atoms with E-state index in [1.807, 2.05) is 0 Å². The number of carbonyl (C=O) groups is 1. The van der Waals surface area contributed by atoms with Gasteiger partial charge in [-0.1, -0.05) is 18.6 Å². The molecule has 0 aliphatic carbocycles. The Kier molecular flexibility index (Phi) is 10.5. The van der Waals surface area contributed by atoms with Gasteiger partial charge in [0.15, 0.2) is 0 Å². The van der Waals surface area contributed by atoms with E-state index in [1.54, 1.807) is 0 Å². The summed E-state index contributed by atoms with van der Waals surface area (Å²) in [5, 5.41) is 2.82. The number of ether oxygens (including phenoxy) is 1. The van der Waals surface area contributed by atoms with Crippen LogP contribution in [0.15, 0.2) is 23.3 Å². The molecule has 0 aromatic rings. The van der Waals surface area contributed by atoms with Crippen molar-refractivity contribution >= 4 is 6.03 Å². The number of hydrogen-bond donors (Lipinski definition) is 1. The summed E-state index contributed by atoms with van der Waals surface area (Å²) in [4.78, 5) is 16.3. The van der Waals surface area contributed by atoms with Gasteiger partial charge in [0.05, 0.1) is 18.0 Å². The van der Waals surface area contributed by atoms with Gasteiger partial charge in [0, 0.05) is 45.4 Å². The highest BCUT2D eigenvalue weighted by Crippen LogP contribution is 2.35. The highest BCUT2D eigenvalue weighted by Gasteiger charge is 2.41. The van der Waals surface area contributed by atoms with Crippen molar-refractivity contribution in [3.05, 3.63) is 23.3 Å². The van der Waals surface area contributed by atoms with Crippen LogP contribution in [-0.2, 0) is 4.74 Å². The van der Waals surface area contributed by atoms with E-state index in [0.29, 0.717) is 30.6 Å². The molecule has 0 radical (unpaired) electrons. The normalized spacial score (nSPS) is 24.2. The molecule has 0 saturated carbocycles. The molecule has 35 heavy (non-hydrogen) atoms. The Balaban J connectivity index is 1.87. The fraction of sp³-hybridized carbons (Fsp3) is 0.792. The van der Waals surface area contributed by atoms with Gasteiger partial charge in [0.2, 0.25) is 0 Å². The Morgan fingerprint density at radius 3 is 2.37 bits per heavy atom. The van der Waals surface area contributed by atoms with E-state index < -0.39 is 36.4 Å². The van der Waals surface area contributed by atoms with E-state index in [9.17, 15) is 31.1 Å². The van der Waals surface area contributed by atoms with Gasteiger partial charge in [-0.2, -0.15) is 26.3 Å². The molecule has 2 unspecified atom stereocenters. The summed E-state index contributed by atoms with van der Waals surface area (Å²) >= 11 is 0. The van der Waals surface area contributed by atoms with Crippen LogP contribution in [0.2, 0.25) is 0 Å². The van der Waals surface area contributed by atoms with Crippen LogP contribution in [0.25, 0.3) is 0 Å². The minimum Gasteiger partial charge on any atom is -0.381 e. The van der Waals surface area contributed by atoms with Crippen molar-refractivity contribution in [2.75, 3.05) is 33.4 Å². The van der Waals surface area contributed by atoms with Crippen LogP contribution in [0.5, 0.6) is 0 Å². The molecule has 5 nitrogen and oxygen atoms in total. The van der Waals surface area contributed by atoms with Crippen molar-refractivity contribution in [2.24, 2.45) is 5.92 Å². The molecular weight excluding hydrogens is 476 g/mol. The molecule has 11 heteroatoms. The Hall–Kier alpha value is -1.75. The third-order valence-corrected chi connectivity index (χ3v) is 7.11. The first kappa shape index (κ1) is 29.5. The second-order valence-electron chi connectivity index (χ2n) is 9.45. The summed E-state index contributed by atoms with van der Waals surface area (Å²) in [6.07, 6.45) is -6.63. The van der Waals surface area contributed by atoms with Crippen LogP contribution in [0.1, 0.15) is 52.9 Å². The summed E-state index contributed by atoms with van der Waals surface area (Å²) in [5.41, 5.74) is -1.25. The molecule has 2 saturated heterocycles. The summed E-state index contributed by atoms with van der Waals surface area (Å²) < 4.78 is 82.2. The lowest BCUT2D eigenvalue weighted by Crippen LogP contribution is -2.61. The number of alkyl halides is 6. The second kappa shape index (κ2) is 12.5. The van der Waals surface area contributed by atoms with Gasteiger partial charge in [-0.25, -0.2) is 4.79 Å². The molecule has 0 aromatic heterocycles.